The molecular weight excluding hydrogens is 370 g/mol. The standard InChI is InChI=1S/C17H17N5O2S2/c1-22-10-13(15-11(8-18)9-19-17(20-15)25(2)23)12-6-5-7-14(16(12)22)21-26(3,4)24/h5-7,9-10H,1-4H3. The number of nitriles is 1. The number of rotatable bonds is 3. The van der Waals surface area contributed by atoms with Gasteiger partial charge in [0.15, 0.2) is 0 Å². The van der Waals surface area contributed by atoms with Gasteiger partial charge < -0.3 is 4.57 Å². The molecule has 0 aliphatic heterocycles. The van der Waals surface area contributed by atoms with E-state index in [4.69, 9.17) is 0 Å². The van der Waals surface area contributed by atoms with Gasteiger partial charge in [-0.25, -0.2) is 14.2 Å². The maximum atomic E-state index is 12.1. The van der Waals surface area contributed by atoms with Crippen LogP contribution in [-0.4, -0.2) is 41.7 Å². The quantitative estimate of drug-likeness (QED) is 0.643. The highest BCUT2D eigenvalue weighted by atomic mass is 32.2. The summed E-state index contributed by atoms with van der Waals surface area (Å²) in [6, 6.07) is 7.60. The second-order valence-electron chi connectivity index (χ2n) is 6.08. The molecule has 0 bridgehead atoms. The Kier molecular flexibility index (Phi) is 4.64. The first-order valence-electron chi connectivity index (χ1n) is 7.57. The van der Waals surface area contributed by atoms with Gasteiger partial charge in [-0.05, 0) is 6.07 Å². The van der Waals surface area contributed by atoms with Crippen LogP contribution in [0.15, 0.2) is 40.1 Å². The summed E-state index contributed by atoms with van der Waals surface area (Å²) < 4.78 is 30.1. The van der Waals surface area contributed by atoms with Crippen molar-refractivity contribution in [1.82, 2.24) is 14.5 Å². The van der Waals surface area contributed by atoms with Crippen LogP contribution in [0.25, 0.3) is 22.2 Å². The minimum atomic E-state index is -2.33. The molecule has 3 aromatic rings. The molecule has 0 spiro atoms. The lowest BCUT2D eigenvalue weighted by Crippen LogP contribution is -2.00. The average molecular weight is 387 g/mol. The van der Waals surface area contributed by atoms with E-state index in [1.807, 2.05) is 29.9 Å². The molecule has 0 aliphatic carbocycles. The van der Waals surface area contributed by atoms with E-state index in [-0.39, 0.29) is 5.16 Å². The molecule has 26 heavy (non-hydrogen) atoms. The van der Waals surface area contributed by atoms with Crippen molar-refractivity contribution in [2.75, 3.05) is 18.8 Å². The summed E-state index contributed by atoms with van der Waals surface area (Å²) in [5.41, 5.74) is 2.83. The summed E-state index contributed by atoms with van der Waals surface area (Å²) >= 11 is 0. The Bertz CT molecular complexity index is 1210. The van der Waals surface area contributed by atoms with Crippen molar-refractivity contribution >= 4 is 37.1 Å². The third-order valence-corrected chi connectivity index (χ3v) is 5.05. The van der Waals surface area contributed by atoms with Crippen LogP contribution in [0, 0.1) is 11.3 Å². The van der Waals surface area contributed by atoms with E-state index in [2.05, 4.69) is 20.4 Å². The number of aromatic nitrogens is 3. The fourth-order valence-electron chi connectivity index (χ4n) is 2.74. The number of aryl methyl sites for hydroxylation is 1. The Morgan fingerprint density at radius 3 is 2.69 bits per heavy atom. The Labute approximate surface area is 154 Å². The van der Waals surface area contributed by atoms with Gasteiger partial charge in [-0.1, -0.05) is 12.1 Å². The molecule has 1 aromatic carbocycles. The predicted molar refractivity (Wildman–Crippen MR) is 103 cm³/mol. The number of nitrogens with zero attached hydrogens (tertiary/aromatic N) is 5. The van der Waals surface area contributed by atoms with E-state index in [1.54, 1.807) is 18.6 Å². The monoisotopic (exact) mass is 387 g/mol. The number of benzene rings is 1. The minimum Gasteiger partial charge on any atom is -0.348 e. The summed E-state index contributed by atoms with van der Waals surface area (Å²) in [5.74, 6) is 0. The van der Waals surface area contributed by atoms with E-state index in [1.165, 1.54) is 12.5 Å². The van der Waals surface area contributed by atoms with E-state index < -0.39 is 20.5 Å². The third kappa shape index (κ3) is 3.38. The smallest absolute Gasteiger partial charge is 0.218 e. The first-order valence-corrected chi connectivity index (χ1v) is 11.5. The first-order chi connectivity index (χ1) is 12.2. The number of hydrogen-bond donors (Lipinski definition) is 0. The lowest BCUT2D eigenvalue weighted by molar-refractivity contribution is 0.679. The topological polar surface area (TPSA) is 101 Å². The van der Waals surface area contributed by atoms with Crippen molar-refractivity contribution in [2.24, 2.45) is 11.4 Å². The molecule has 0 amide bonds. The van der Waals surface area contributed by atoms with E-state index in [0.717, 1.165) is 10.9 Å². The highest BCUT2D eigenvalue weighted by molar-refractivity contribution is 7.92. The van der Waals surface area contributed by atoms with E-state index in [0.29, 0.717) is 22.5 Å². The second-order valence-corrected chi connectivity index (χ2v) is 9.90. The van der Waals surface area contributed by atoms with Gasteiger partial charge in [-0.15, -0.1) is 0 Å². The van der Waals surface area contributed by atoms with Crippen LogP contribution in [0.2, 0.25) is 0 Å². The van der Waals surface area contributed by atoms with Gasteiger partial charge in [0, 0.05) is 58.9 Å². The molecule has 3 rings (SSSR count). The molecule has 9 heteroatoms. The molecule has 134 valence electrons. The van der Waals surface area contributed by atoms with Crippen LogP contribution in [0.1, 0.15) is 5.56 Å². The van der Waals surface area contributed by atoms with Crippen LogP contribution in [0.4, 0.5) is 5.69 Å². The van der Waals surface area contributed by atoms with Crippen molar-refractivity contribution in [2.45, 2.75) is 5.16 Å². The third-order valence-electron chi connectivity index (χ3n) is 3.70. The molecule has 0 aliphatic rings. The zero-order valence-corrected chi connectivity index (χ0v) is 16.4. The van der Waals surface area contributed by atoms with Gasteiger partial charge in [0.25, 0.3) is 0 Å². The number of fused-ring (bicyclic) bond motifs is 1. The Morgan fingerprint density at radius 1 is 1.35 bits per heavy atom. The summed E-state index contributed by atoms with van der Waals surface area (Å²) in [7, 11) is -1.84. The molecule has 2 heterocycles. The largest absolute Gasteiger partial charge is 0.348 e. The molecule has 1 atom stereocenters. The zero-order valence-electron chi connectivity index (χ0n) is 14.8. The fourth-order valence-corrected chi connectivity index (χ4v) is 3.78. The fraction of sp³-hybridized carbons (Fsp3) is 0.235. The zero-order chi connectivity index (χ0) is 19.1. The van der Waals surface area contributed by atoms with E-state index in [9.17, 15) is 13.7 Å². The van der Waals surface area contributed by atoms with Crippen molar-refractivity contribution in [1.29, 1.82) is 5.26 Å². The summed E-state index contributed by atoms with van der Waals surface area (Å²) in [6.07, 6.45) is 7.87. The summed E-state index contributed by atoms with van der Waals surface area (Å²) in [5, 5.41) is 10.4. The maximum absolute atomic E-state index is 12.1. The molecule has 0 saturated carbocycles. The molecule has 0 fully saturated rings. The van der Waals surface area contributed by atoms with Gasteiger partial charge in [-0.3, -0.25) is 4.21 Å². The highest BCUT2D eigenvalue weighted by Gasteiger charge is 2.18. The molecule has 2 aromatic heterocycles. The summed E-state index contributed by atoms with van der Waals surface area (Å²) in [6.45, 7) is 0. The van der Waals surface area contributed by atoms with Crippen molar-refractivity contribution in [3.05, 3.63) is 36.2 Å². The van der Waals surface area contributed by atoms with Gasteiger partial charge in [0.1, 0.15) is 6.07 Å². The SMILES string of the molecule is Cn1cc(-c2nc(S(C)=O)ncc2C#N)c2cccc(N=S(C)(C)=O)c21. The normalized spacial score (nSPS) is 12.7. The van der Waals surface area contributed by atoms with Gasteiger partial charge in [0.05, 0.1) is 33.3 Å². The van der Waals surface area contributed by atoms with Gasteiger partial charge in [0.2, 0.25) is 5.16 Å². The van der Waals surface area contributed by atoms with Crippen LogP contribution >= 0.6 is 0 Å². The molecule has 1 unspecified atom stereocenters. The van der Waals surface area contributed by atoms with Crippen LogP contribution in [-0.2, 0) is 27.6 Å². The van der Waals surface area contributed by atoms with Crippen LogP contribution in [0.3, 0.4) is 0 Å². The lowest BCUT2D eigenvalue weighted by atomic mass is 10.1. The maximum Gasteiger partial charge on any atom is 0.218 e. The van der Waals surface area contributed by atoms with Crippen LogP contribution in [0.5, 0.6) is 0 Å². The highest BCUT2D eigenvalue weighted by Crippen LogP contribution is 2.36. The van der Waals surface area contributed by atoms with Crippen molar-refractivity contribution < 1.29 is 8.42 Å². The molecule has 0 N–H and O–H groups in total. The van der Waals surface area contributed by atoms with Crippen molar-refractivity contribution in [3.8, 4) is 17.3 Å². The Balaban J connectivity index is 2.38. The van der Waals surface area contributed by atoms with Gasteiger partial charge in [-0.2, -0.15) is 9.62 Å². The van der Waals surface area contributed by atoms with Crippen molar-refractivity contribution in [3.63, 3.8) is 0 Å². The average Bonchev–Trinajstić information content (AvgIpc) is 2.90. The second kappa shape index (κ2) is 6.63. The molecule has 0 radical (unpaired) electrons. The Morgan fingerprint density at radius 2 is 2.08 bits per heavy atom. The lowest BCUT2D eigenvalue weighted by Gasteiger charge is -2.04. The molecular formula is C17H17N5O2S2. The Hall–Kier alpha value is -2.57. The number of para-hydroxylation sites is 1. The molecule has 0 saturated heterocycles. The summed E-state index contributed by atoms with van der Waals surface area (Å²) in [4.78, 5) is 8.34. The molecule has 7 nitrogen and oxygen atoms in total. The predicted octanol–water partition coefficient (Wildman–Crippen LogP) is 2.60. The van der Waals surface area contributed by atoms with E-state index >= 15 is 0 Å². The minimum absolute atomic E-state index is 0.169. The first kappa shape index (κ1) is 18.2. The number of hydrogen-bond acceptors (Lipinski definition) is 6. The van der Waals surface area contributed by atoms with Gasteiger partial charge >= 0.3 is 0 Å². The van der Waals surface area contributed by atoms with Crippen LogP contribution < -0.4 is 0 Å².